The number of hydrogen-bond acceptors (Lipinski definition) is 6. The summed E-state index contributed by atoms with van der Waals surface area (Å²) in [6.45, 7) is 5.28. The number of halogens is 1. The number of rotatable bonds is 6. The van der Waals surface area contributed by atoms with Crippen LogP contribution in [0.15, 0.2) is 41.1 Å². The lowest BCUT2D eigenvalue weighted by atomic mass is 9.99. The molecule has 3 aromatic rings. The molecule has 2 amide bonds. The summed E-state index contributed by atoms with van der Waals surface area (Å²) >= 11 is 8.97. The molecule has 6 nitrogen and oxygen atoms in total. The number of carbonyl (C=O) groups is 2. The fraction of sp³-hybridized carbons (Fsp3) is 0.318. The molecule has 4 rings (SSSR count). The second-order valence-electron chi connectivity index (χ2n) is 7.68. The molecule has 2 aromatic heterocycles. The molecule has 1 fully saturated rings. The zero-order valence-corrected chi connectivity index (χ0v) is 19.4. The van der Waals surface area contributed by atoms with Gasteiger partial charge in [0.1, 0.15) is 0 Å². The Morgan fingerprint density at radius 1 is 1.16 bits per heavy atom. The second-order valence-corrected chi connectivity index (χ2v) is 9.90. The van der Waals surface area contributed by atoms with Crippen molar-refractivity contribution in [3.8, 4) is 0 Å². The minimum Gasteiger partial charge on any atom is -0.320 e. The highest BCUT2D eigenvalue weighted by Crippen LogP contribution is 2.26. The van der Waals surface area contributed by atoms with E-state index in [9.17, 15) is 9.59 Å². The van der Waals surface area contributed by atoms with Gasteiger partial charge in [0.25, 0.3) is 11.8 Å². The standard InChI is InChI=1S/C22H23ClN4O2S2/c1-14-6-8-27(9-7-14)12-16-13-31-22(24-16)26-20(28)15-4-5-17(23)18(11-15)25-21(29)19-3-2-10-30-19/h2-5,10-11,13-14H,6-9,12H2,1H3,(H,25,29)(H,24,26,28). The van der Waals surface area contributed by atoms with Crippen molar-refractivity contribution < 1.29 is 9.59 Å². The van der Waals surface area contributed by atoms with Gasteiger partial charge < -0.3 is 5.32 Å². The van der Waals surface area contributed by atoms with Crippen LogP contribution in [0.5, 0.6) is 0 Å². The van der Waals surface area contributed by atoms with Crippen LogP contribution >= 0.6 is 34.3 Å². The van der Waals surface area contributed by atoms with Crippen LogP contribution in [-0.4, -0.2) is 34.8 Å². The van der Waals surface area contributed by atoms with E-state index in [0.717, 1.165) is 31.2 Å². The zero-order chi connectivity index (χ0) is 21.8. The summed E-state index contributed by atoms with van der Waals surface area (Å²) in [6, 6.07) is 8.34. The zero-order valence-electron chi connectivity index (χ0n) is 17.1. The largest absolute Gasteiger partial charge is 0.320 e. The van der Waals surface area contributed by atoms with Crippen molar-refractivity contribution >= 4 is 56.9 Å². The van der Waals surface area contributed by atoms with E-state index in [1.807, 2.05) is 10.8 Å². The number of aromatic nitrogens is 1. The quantitative estimate of drug-likeness (QED) is 0.488. The molecule has 0 atom stereocenters. The predicted molar refractivity (Wildman–Crippen MR) is 127 cm³/mol. The van der Waals surface area contributed by atoms with Gasteiger partial charge in [-0.05, 0) is 61.5 Å². The first kappa shape index (κ1) is 22.0. The molecule has 0 aliphatic carbocycles. The Bertz CT molecular complexity index is 1060. The van der Waals surface area contributed by atoms with Gasteiger partial charge in [-0.25, -0.2) is 4.98 Å². The van der Waals surface area contributed by atoms with Crippen LogP contribution in [0.3, 0.4) is 0 Å². The molecule has 2 N–H and O–H groups in total. The minimum absolute atomic E-state index is 0.258. The van der Waals surface area contributed by atoms with Crippen LogP contribution in [0, 0.1) is 5.92 Å². The van der Waals surface area contributed by atoms with E-state index >= 15 is 0 Å². The van der Waals surface area contributed by atoms with Gasteiger partial charge >= 0.3 is 0 Å². The van der Waals surface area contributed by atoms with Crippen LogP contribution < -0.4 is 10.6 Å². The Hall–Kier alpha value is -2.26. The van der Waals surface area contributed by atoms with Crippen molar-refractivity contribution in [1.82, 2.24) is 9.88 Å². The molecule has 9 heteroatoms. The second kappa shape index (κ2) is 9.91. The summed E-state index contributed by atoms with van der Waals surface area (Å²) in [5.41, 5.74) is 1.76. The van der Waals surface area contributed by atoms with E-state index in [-0.39, 0.29) is 11.8 Å². The lowest BCUT2D eigenvalue weighted by Crippen LogP contribution is -2.32. The Morgan fingerprint density at radius 3 is 2.71 bits per heavy atom. The molecule has 1 saturated heterocycles. The normalized spacial score (nSPS) is 15.0. The third-order valence-electron chi connectivity index (χ3n) is 5.26. The van der Waals surface area contributed by atoms with Gasteiger partial charge in [0.2, 0.25) is 0 Å². The van der Waals surface area contributed by atoms with Gasteiger partial charge in [-0.2, -0.15) is 0 Å². The fourth-order valence-corrected chi connectivity index (χ4v) is 4.89. The van der Waals surface area contributed by atoms with Crippen molar-refractivity contribution in [2.45, 2.75) is 26.3 Å². The van der Waals surface area contributed by atoms with Crippen LogP contribution in [0.2, 0.25) is 5.02 Å². The summed E-state index contributed by atoms with van der Waals surface area (Å²) in [6.07, 6.45) is 2.44. The van der Waals surface area contributed by atoms with Gasteiger partial charge in [-0.15, -0.1) is 22.7 Å². The molecular weight excluding hydrogens is 452 g/mol. The minimum atomic E-state index is -0.295. The highest BCUT2D eigenvalue weighted by molar-refractivity contribution is 7.14. The number of likely N-dealkylation sites (tertiary alicyclic amines) is 1. The highest BCUT2D eigenvalue weighted by atomic mass is 35.5. The van der Waals surface area contributed by atoms with Crippen molar-refractivity contribution in [1.29, 1.82) is 0 Å². The number of thiazole rings is 1. The van der Waals surface area contributed by atoms with E-state index in [0.29, 0.717) is 26.3 Å². The fourth-order valence-electron chi connectivity index (χ4n) is 3.41. The summed E-state index contributed by atoms with van der Waals surface area (Å²) in [5, 5.41) is 10.4. The Morgan fingerprint density at radius 2 is 1.97 bits per heavy atom. The summed E-state index contributed by atoms with van der Waals surface area (Å²) in [4.78, 5) is 32.6. The maximum atomic E-state index is 12.7. The number of hydrogen-bond donors (Lipinski definition) is 2. The Balaban J connectivity index is 1.38. The third kappa shape index (κ3) is 5.71. The lowest BCUT2D eigenvalue weighted by molar-refractivity contribution is 0.101. The molecular formula is C22H23ClN4O2S2. The molecule has 162 valence electrons. The molecule has 0 bridgehead atoms. The SMILES string of the molecule is CC1CCN(Cc2csc(NC(=O)c3ccc(Cl)c(NC(=O)c4cccs4)c3)n2)CC1. The number of thiophene rings is 1. The van der Waals surface area contributed by atoms with Crippen molar-refractivity contribution in [3.05, 3.63) is 62.2 Å². The van der Waals surface area contributed by atoms with Crippen molar-refractivity contribution in [2.75, 3.05) is 23.7 Å². The maximum Gasteiger partial charge on any atom is 0.265 e. The third-order valence-corrected chi connectivity index (χ3v) is 7.26. The molecule has 1 aliphatic heterocycles. The Kier molecular flexibility index (Phi) is 7.02. The number of benzene rings is 1. The molecule has 0 radical (unpaired) electrons. The molecule has 1 aliphatic rings. The number of nitrogens with zero attached hydrogens (tertiary/aromatic N) is 2. The van der Waals surface area contributed by atoms with Crippen LogP contribution in [0.1, 0.15) is 45.5 Å². The molecule has 0 spiro atoms. The smallest absolute Gasteiger partial charge is 0.265 e. The van der Waals surface area contributed by atoms with E-state index in [1.165, 1.54) is 35.5 Å². The monoisotopic (exact) mass is 474 g/mol. The van der Waals surface area contributed by atoms with E-state index < -0.39 is 0 Å². The highest BCUT2D eigenvalue weighted by Gasteiger charge is 2.18. The van der Waals surface area contributed by atoms with E-state index in [4.69, 9.17) is 11.6 Å². The maximum absolute atomic E-state index is 12.7. The van der Waals surface area contributed by atoms with Crippen LogP contribution in [0.4, 0.5) is 10.8 Å². The first-order valence-corrected chi connectivity index (χ1v) is 12.2. The first-order chi connectivity index (χ1) is 15.0. The van der Waals surface area contributed by atoms with Gasteiger partial charge in [0, 0.05) is 17.5 Å². The van der Waals surface area contributed by atoms with Crippen LogP contribution in [-0.2, 0) is 6.54 Å². The van der Waals surface area contributed by atoms with Gasteiger partial charge in [0.15, 0.2) is 5.13 Å². The van der Waals surface area contributed by atoms with Crippen molar-refractivity contribution in [3.63, 3.8) is 0 Å². The van der Waals surface area contributed by atoms with Gasteiger partial charge in [-0.1, -0.05) is 24.6 Å². The molecule has 3 heterocycles. The Labute approximate surface area is 194 Å². The number of nitrogens with one attached hydrogen (secondary N) is 2. The van der Waals surface area contributed by atoms with Gasteiger partial charge in [0.05, 0.1) is 21.3 Å². The lowest BCUT2D eigenvalue weighted by Gasteiger charge is -2.29. The van der Waals surface area contributed by atoms with Crippen molar-refractivity contribution in [2.24, 2.45) is 5.92 Å². The van der Waals surface area contributed by atoms with E-state index in [2.05, 4.69) is 27.4 Å². The summed E-state index contributed by atoms with van der Waals surface area (Å²) in [5.74, 6) is 0.239. The summed E-state index contributed by atoms with van der Waals surface area (Å²) in [7, 11) is 0. The number of carbonyl (C=O) groups excluding carboxylic acids is 2. The van der Waals surface area contributed by atoms with Crippen LogP contribution in [0.25, 0.3) is 0 Å². The molecule has 31 heavy (non-hydrogen) atoms. The average molecular weight is 475 g/mol. The predicted octanol–water partition coefficient (Wildman–Crippen LogP) is 5.59. The topological polar surface area (TPSA) is 74.3 Å². The molecule has 1 aromatic carbocycles. The number of piperidine rings is 1. The van der Waals surface area contributed by atoms with Gasteiger partial charge in [-0.3, -0.25) is 19.8 Å². The number of anilines is 2. The number of amides is 2. The average Bonchev–Trinajstić information content (AvgIpc) is 3.44. The van der Waals surface area contributed by atoms with E-state index in [1.54, 1.807) is 30.3 Å². The molecule has 0 unspecified atom stereocenters. The summed E-state index contributed by atoms with van der Waals surface area (Å²) < 4.78 is 0. The molecule has 0 saturated carbocycles. The first-order valence-electron chi connectivity index (χ1n) is 10.1.